The summed E-state index contributed by atoms with van der Waals surface area (Å²) in [6.45, 7) is 14.1. The first-order valence-electron chi connectivity index (χ1n) is 5.53. The van der Waals surface area contributed by atoms with E-state index in [1.54, 1.807) is 5.31 Å². The Hall–Kier alpha value is 0.170. The molecule has 0 aliphatic rings. The van der Waals surface area contributed by atoms with E-state index in [1.165, 1.54) is 19.0 Å². The monoisotopic (exact) mass is 202 g/mol. The first-order chi connectivity index (χ1) is 5.90. The molecule has 0 atom stereocenters. The number of rotatable bonds is 5. The number of allylic oxidation sites excluding steroid dienone is 2. The van der Waals surface area contributed by atoms with Gasteiger partial charge in [-0.15, -0.1) is 0 Å². The van der Waals surface area contributed by atoms with Gasteiger partial charge in [0.2, 0.25) is 0 Å². The van der Waals surface area contributed by atoms with Crippen LogP contribution in [-0.2, 0) is 0 Å². The first-order valence-corrected chi connectivity index (χ1v) is 8.74. The summed E-state index contributed by atoms with van der Waals surface area (Å²) in [4.78, 5) is 0. The van der Waals surface area contributed by atoms with Crippen molar-refractivity contribution < 1.29 is 0 Å². The van der Waals surface area contributed by atoms with E-state index in [4.69, 9.17) is 0 Å². The van der Waals surface area contributed by atoms with Crippen LogP contribution in [0.25, 0.3) is 0 Å². The van der Waals surface area contributed by atoms with Crippen LogP contribution in [0.5, 0.6) is 0 Å². The van der Waals surface area contributed by atoms with Gasteiger partial charge in [0.1, 0.15) is 0 Å². The summed E-state index contributed by atoms with van der Waals surface area (Å²) in [6.07, 6.45) is 6.58. The molecule has 0 rings (SSSR count). The van der Waals surface area contributed by atoms with Crippen LogP contribution in [0.1, 0.15) is 40.5 Å². The Labute approximate surface area is 85.1 Å². The minimum atomic E-state index is -1.01. The van der Waals surface area contributed by atoms with E-state index in [0.717, 1.165) is 5.92 Å². The van der Waals surface area contributed by atoms with Gasteiger partial charge < -0.3 is 0 Å². The van der Waals surface area contributed by atoms with Crippen molar-refractivity contribution in [3.05, 3.63) is 11.4 Å². The molecular formula is C12H27P. The predicted molar refractivity (Wildman–Crippen MR) is 68.5 cm³/mol. The van der Waals surface area contributed by atoms with E-state index in [2.05, 4.69) is 47.1 Å². The van der Waals surface area contributed by atoms with Crippen molar-refractivity contribution in [2.75, 3.05) is 19.5 Å². The van der Waals surface area contributed by atoms with Gasteiger partial charge in [-0.1, -0.05) is 0 Å². The third-order valence-corrected chi connectivity index (χ3v) is 7.11. The quantitative estimate of drug-likeness (QED) is 0.581. The topological polar surface area (TPSA) is 0 Å². The van der Waals surface area contributed by atoms with Gasteiger partial charge in [-0.05, 0) is 0 Å². The van der Waals surface area contributed by atoms with Gasteiger partial charge >= 0.3 is 84.6 Å². The summed E-state index contributed by atoms with van der Waals surface area (Å²) < 4.78 is 0. The summed E-state index contributed by atoms with van der Waals surface area (Å²) in [5.41, 5.74) is 0. The standard InChI is InChI=1S/C12H27P/c1-7-12(4)13(5,6)10-8-9-11(2)3/h7,11,13H,8-10H2,1-6H3/b12-7+. The van der Waals surface area contributed by atoms with Gasteiger partial charge in [-0.2, -0.15) is 0 Å². The normalized spacial score (nSPS) is 15.2. The fraction of sp³-hybridized carbons (Fsp3) is 0.833. The summed E-state index contributed by atoms with van der Waals surface area (Å²) in [7, 11) is -1.01. The molecule has 0 aliphatic heterocycles. The van der Waals surface area contributed by atoms with E-state index in [1.807, 2.05) is 0 Å². The molecule has 0 nitrogen and oxygen atoms in total. The van der Waals surface area contributed by atoms with Gasteiger partial charge in [0.15, 0.2) is 0 Å². The Morgan fingerprint density at radius 3 is 2.23 bits per heavy atom. The Morgan fingerprint density at radius 2 is 1.85 bits per heavy atom. The molecule has 13 heavy (non-hydrogen) atoms. The molecule has 0 heterocycles. The zero-order valence-corrected chi connectivity index (χ0v) is 11.3. The van der Waals surface area contributed by atoms with E-state index >= 15 is 0 Å². The number of hydrogen-bond acceptors (Lipinski definition) is 0. The van der Waals surface area contributed by atoms with E-state index in [9.17, 15) is 0 Å². The summed E-state index contributed by atoms with van der Waals surface area (Å²) in [5, 5.41) is 1.66. The van der Waals surface area contributed by atoms with Crippen LogP contribution >= 0.6 is 7.26 Å². The number of hydrogen-bond donors (Lipinski definition) is 0. The second-order valence-electron chi connectivity index (χ2n) is 5.14. The van der Waals surface area contributed by atoms with Crippen LogP contribution in [0.15, 0.2) is 11.4 Å². The third kappa shape index (κ3) is 5.47. The Morgan fingerprint density at radius 1 is 1.31 bits per heavy atom. The molecule has 1 heteroatoms. The SMILES string of the molecule is C/C=C(\C)[PH](C)(C)CCCC(C)C. The molecule has 80 valence electrons. The van der Waals surface area contributed by atoms with Crippen LogP contribution in [0.4, 0.5) is 0 Å². The average molecular weight is 202 g/mol. The fourth-order valence-electron chi connectivity index (χ4n) is 1.54. The van der Waals surface area contributed by atoms with Crippen molar-refractivity contribution in [3.63, 3.8) is 0 Å². The van der Waals surface area contributed by atoms with Crippen LogP contribution in [0, 0.1) is 5.92 Å². The molecule has 0 bridgehead atoms. The second-order valence-corrected chi connectivity index (χ2v) is 10.2. The average Bonchev–Trinajstić information content (AvgIpc) is 2.01. The summed E-state index contributed by atoms with van der Waals surface area (Å²) >= 11 is 0. The molecule has 0 saturated heterocycles. The van der Waals surface area contributed by atoms with Gasteiger partial charge in [0.05, 0.1) is 0 Å². The van der Waals surface area contributed by atoms with Crippen molar-refractivity contribution in [1.82, 2.24) is 0 Å². The zero-order valence-electron chi connectivity index (χ0n) is 10.3. The maximum atomic E-state index is 2.49. The molecule has 0 aromatic rings. The molecule has 0 amide bonds. The maximum absolute atomic E-state index is 2.49. The summed E-state index contributed by atoms with van der Waals surface area (Å²) in [6, 6.07) is 0. The zero-order chi connectivity index (χ0) is 10.5. The molecule has 0 spiro atoms. The van der Waals surface area contributed by atoms with Gasteiger partial charge in [-0.25, -0.2) is 0 Å². The Kier molecular flexibility index (Phi) is 5.88. The molecule has 0 radical (unpaired) electrons. The van der Waals surface area contributed by atoms with Crippen molar-refractivity contribution in [2.24, 2.45) is 5.92 Å². The molecule has 0 N–H and O–H groups in total. The third-order valence-electron chi connectivity index (χ3n) is 3.08. The van der Waals surface area contributed by atoms with Gasteiger partial charge in [0, 0.05) is 0 Å². The summed E-state index contributed by atoms with van der Waals surface area (Å²) in [5.74, 6) is 0.871. The molecular weight excluding hydrogens is 175 g/mol. The Bertz CT molecular complexity index is 166. The van der Waals surface area contributed by atoms with Crippen molar-refractivity contribution in [1.29, 1.82) is 0 Å². The van der Waals surface area contributed by atoms with Gasteiger partial charge in [0.25, 0.3) is 0 Å². The van der Waals surface area contributed by atoms with Crippen LogP contribution in [0.3, 0.4) is 0 Å². The van der Waals surface area contributed by atoms with E-state index in [0.29, 0.717) is 0 Å². The molecule has 0 aromatic heterocycles. The fourth-order valence-corrected chi connectivity index (χ4v) is 3.80. The molecule has 0 fully saturated rings. The van der Waals surface area contributed by atoms with Crippen LogP contribution in [0.2, 0.25) is 0 Å². The van der Waals surface area contributed by atoms with E-state index < -0.39 is 7.26 Å². The van der Waals surface area contributed by atoms with Crippen LogP contribution in [-0.4, -0.2) is 19.5 Å². The Balaban J connectivity index is 3.90. The van der Waals surface area contributed by atoms with Crippen molar-refractivity contribution >= 4 is 7.26 Å². The molecule has 0 aromatic carbocycles. The first kappa shape index (κ1) is 13.2. The van der Waals surface area contributed by atoms with Crippen molar-refractivity contribution in [2.45, 2.75) is 40.5 Å². The predicted octanol–water partition coefficient (Wildman–Crippen LogP) is 4.36. The van der Waals surface area contributed by atoms with Crippen molar-refractivity contribution in [3.8, 4) is 0 Å². The van der Waals surface area contributed by atoms with Crippen LogP contribution < -0.4 is 0 Å². The minimum absolute atomic E-state index is 0.871. The van der Waals surface area contributed by atoms with E-state index in [-0.39, 0.29) is 0 Å². The molecule has 0 unspecified atom stereocenters. The second kappa shape index (κ2) is 5.81. The molecule has 0 aliphatic carbocycles. The molecule has 0 saturated carbocycles. The van der Waals surface area contributed by atoms with Gasteiger partial charge in [-0.3, -0.25) is 0 Å².